The van der Waals surface area contributed by atoms with Gasteiger partial charge in [0.2, 0.25) is 5.82 Å². The second kappa shape index (κ2) is 6.58. The summed E-state index contributed by atoms with van der Waals surface area (Å²) in [5, 5.41) is 2.61. The summed E-state index contributed by atoms with van der Waals surface area (Å²) in [7, 11) is 0. The Labute approximate surface area is 138 Å². The molecule has 3 aromatic rings. The fourth-order valence-electron chi connectivity index (χ4n) is 2.23. The van der Waals surface area contributed by atoms with Crippen LogP contribution in [0.2, 0.25) is 0 Å². The molecule has 0 aliphatic carbocycles. The van der Waals surface area contributed by atoms with E-state index in [4.69, 9.17) is 4.74 Å². The molecule has 0 aliphatic rings. The minimum absolute atomic E-state index is 0.0328. The molecular weight excluding hydrogens is 345 g/mol. The van der Waals surface area contributed by atoms with Crippen molar-refractivity contribution in [1.29, 1.82) is 0 Å². The van der Waals surface area contributed by atoms with E-state index in [0.717, 1.165) is 6.07 Å². The highest BCUT2D eigenvalue weighted by Crippen LogP contribution is 2.34. The maximum Gasteiger partial charge on any atom is 0.390 e. The summed E-state index contributed by atoms with van der Waals surface area (Å²) in [5.41, 5.74) is 0.455. The lowest BCUT2D eigenvalue weighted by atomic mass is 10.3. The molecular formula is C16H12F5N3O. The highest BCUT2D eigenvalue weighted by Gasteiger charge is 2.26. The second-order valence-corrected chi connectivity index (χ2v) is 5.16. The van der Waals surface area contributed by atoms with Crippen molar-refractivity contribution in [3.63, 3.8) is 0 Å². The van der Waals surface area contributed by atoms with Crippen molar-refractivity contribution in [1.82, 2.24) is 9.38 Å². The van der Waals surface area contributed by atoms with E-state index in [1.807, 2.05) is 0 Å². The number of hydrogen-bond acceptors (Lipinski definition) is 3. The number of alkyl halides is 3. The summed E-state index contributed by atoms with van der Waals surface area (Å²) in [4.78, 5) is 4.05. The molecule has 2 heterocycles. The predicted octanol–water partition coefficient (Wildman–Crippen LogP) is 4.77. The summed E-state index contributed by atoms with van der Waals surface area (Å²) >= 11 is 0. The lowest BCUT2D eigenvalue weighted by molar-refractivity contribution is -0.131. The molecule has 0 radical (unpaired) electrons. The molecule has 0 spiro atoms. The average molecular weight is 357 g/mol. The normalized spacial score (nSPS) is 11.7. The molecule has 0 amide bonds. The van der Waals surface area contributed by atoms with E-state index in [2.05, 4.69) is 10.3 Å². The Kier molecular flexibility index (Phi) is 4.47. The van der Waals surface area contributed by atoms with Crippen LogP contribution in [0.1, 0.15) is 6.42 Å². The van der Waals surface area contributed by atoms with Gasteiger partial charge >= 0.3 is 6.18 Å². The van der Waals surface area contributed by atoms with E-state index in [1.54, 1.807) is 16.8 Å². The molecule has 1 N–H and O–H groups in total. The third-order valence-corrected chi connectivity index (χ3v) is 3.37. The van der Waals surface area contributed by atoms with Crippen molar-refractivity contribution in [3.8, 4) is 11.5 Å². The summed E-state index contributed by atoms with van der Waals surface area (Å²) < 4.78 is 71.1. The first-order valence-corrected chi connectivity index (χ1v) is 7.23. The van der Waals surface area contributed by atoms with Crippen molar-refractivity contribution in [2.75, 3.05) is 11.9 Å². The molecule has 0 unspecified atom stereocenters. The Morgan fingerprint density at radius 1 is 1.08 bits per heavy atom. The van der Waals surface area contributed by atoms with E-state index in [9.17, 15) is 22.0 Å². The third-order valence-electron chi connectivity index (χ3n) is 3.37. The molecule has 1 aromatic carbocycles. The first kappa shape index (κ1) is 17.0. The molecule has 0 saturated heterocycles. The minimum Gasteiger partial charge on any atom is -0.452 e. The third kappa shape index (κ3) is 3.81. The van der Waals surface area contributed by atoms with Crippen LogP contribution in [-0.2, 0) is 0 Å². The molecule has 0 atom stereocenters. The van der Waals surface area contributed by atoms with Crippen LogP contribution in [0, 0.1) is 11.6 Å². The highest BCUT2D eigenvalue weighted by atomic mass is 19.4. The maximum atomic E-state index is 13.8. The Morgan fingerprint density at radius 3 is 2.64 bits per heavy atom. The van der Waals surface area contributed by atoms with E-state index in [-0.39, 0.29) is 17.2 Å². The smallest absolute Gasteiger partial charge is 0.390 e. The van der Waals surface area contributed by atoms with Crippen molar-refractivity contribution < 1.29 is 26.7 Å². The number of benzene rings is 1. The highest BCUT2D eigenvalue weighted by molar-refractivity contribution is 5.75. The van der Waals surface area contributed by atoms with Crippen LogP contribution in [0.3, 0.4) is 0 Å². The number of nitrogens with zero attached hydrogens (tertiary/aromatic N) is 2. The van der Waals surface area contributed by atoms with E-state index in [1.165, 1.54) is 24.4 Å². The summed E-state index contributed by atoms with van der Waals surface area (Å²) in [6.45, 7) is -0.419. The van der Waals surface area contributed by atoms with Gasteiger partial charge in [0.15, 0.2) is 23.0 Å². The largest absolute Gasteiger partial charge is 0.452 e. The Hall–Kier alpha value is -2.84. The average Bonchev–Trinajstić information content (AvgIpc) is 3.01. The van der Waals surface area contributed by atoms with E-state index >= 15 is 0 Å². The van der Waals surface area contributed by atoms with Crippen LogP contribution in [0.5, 0.6) is 11.5 Å². The quantitative estimate of drug-likeness (QED) is 0.669. The maximum absolute atomic E-state index is 13.8. The number of halogens is 5. The van der Waals surface area contributed by atoms with Gasteiger partial charge in [-0.25, -0.2) is 9.37 Å². The molecule has 0 bridgehead atoms. The molecule has 4 nitrogen and oxygen atoms in total. The van der Waals surface area contributed by atoms with Gasteiger partial charge in [-0.1, -0.05) is 6.07 Å². The SMILES string of the molecule is Fc1cccc(Oc2ccn3ccnc3c2NCCC(F)(F)F)c1F. The van der Waals surface area contributed by atoms with E-state index in [0.29, 0.717) is 5.65 Å². The predicted molar refractivity (Wildman–Crippen MR) is 80.8 cm³/mol. The number of rotatable bonds is 5. The first-order valence-electron chi connectivity index (χ1n) is 7.23. The van der Waals surface area contributed by atoms with Crippen LogP contribution in [0.15, 0.2) is 42.9 Å². The zero-order valence-electron chi connectivity index (χ0n) is 12.6. The van der Waals surface area contributed by atoms with Crippen LogP contribution >= 0.6 is 0 Å². The molecule has 0 fully saturated rings. The number of fused-ring (bicyclic) bond motifs is 1. The number of aromatic nitrogens is 2. The van der Waals surface area contributed by atoms with Crippen molar-refractivity contribution in [2.45, 2.75) is 12.6 Å². The molecule has 132 valence electrons. The van der Waals surface area contributed by atoms with Crippen molar-refractivity contribution in [3.05, 3.63) is 54.5 Å². The van der Waals surface area contributed by atoms with Gasteiger partial charge in [-0.05, 0) is 18.2 Å². The number of ether oxygens (including phenoxy) is 1. The fourth-order valence-corrected chi connectivity index (χ4v) is 2.23. The van der Waals surface area contributed by atoms with Gasteiger partial charge < -0.3 is 14.5 Å². The van der Waals surface area contributed by atoms with Crippen LogP contribution < -0.4 is 10.1 Å². The standard InChI is InChI=1S/C16H12F5N3O/c17-10-2-1-3-11(13(10)18)25-12-4-8-24-9-7-23-15(24)14(12)22-6-5-16(19,20)21/h1-4,7-9,22H,5-6H2. The Morgan fingerprint density at radius 2 is 1.88 bits per heavy atom. The van der Waals surface area contributed by atoms with E-state index < -0.39 is 30.8 Å². The monoisotopic (exact) mass is 357 g/mol. The molecule has 0 aliphatic heterocycles. The van der Waals surface area contributed by atoms with Crippen molar-refractivity contribution >= 4 is 11.3 Å². The minimum atomic E-state index is -4.33. The van der Waals surface area contributed by atoms with Crippen molar-refractivity contribution in [2.24, 2.45) is 0 Å². The van der Waals surface area contributed by atoms with Crippen LogP contribution in [0.4, 0.5) is 27.6 Å². The van der Waals surface area contributed by atoms with Gasteiger partial charge in [-0.15, -0.1) is 0 Å². The number of pyridine rings is 1. The number of anilines is 1. The lowest BCUT2D eigenvalue weighted by Gasteiger charge is -2.15. The number of nitrogens with one attached hydrogen (secondary N) is 1. The topological polar surface area (TPSA) is 38.6 Å². The van der Waals surface area contributed by atoms with Gasteiger partial charge in [0, 0.05) is 25.1 Å². The summed E-state index contributed by atoms with van der Waals surface area (Å²) in [5.74, 6) is -2.63. The summed E-state index contributed by atoms with van der Waals surface area (Å²) in [6.07, 6.45) is -0.802. The van der Waals surface area contributed by atoms with Gasteiger partial charge in [-0.2, -0.15) is 17.6 Å². The second-order valence-electron chi connectivity index (χ2n) is 5.16. The molecule has 3 rings (SSSR count). The van der Waals surface area contributed by atoms with Crippen LogP contribution in [-0.4, -0.2) is 22.1 Å². The molecule has 2 aromatic heterocycles. The Bertz CT molecular complexity index is 891. The Balaban J connectivity index is 1.94. The molecule has 0 saturated carbocycles. The number of hydrogen-bond donors (Lipinski definition) is 1. The zero-order valence-corrected chi connectivity index (χ0v) is 12.6. The molecule has 9 heteroatoms. The zero-order chi connectivity index (χ0) is 18.0. The van der Waals surface area contributed by atoms with Crippen LogP contribution in [0.25, 0.3) is 5.65 Å². The van der Waals surface area contributed by atoms with Gasteiger partial charge in [0.1, 0.15) is 5.69 Å². The first-order chi connectivity index (χ1) is 11.8. The van der Waals surface area contributed by atoms with Gasteiger partial charge in [0.05, 0.1) is 6.42 Å². The number of imidazole rings is 1. The molecule has 25 heavy (non-hydrogen) atoms. The lowest BCUT2D eigenvalue weighted by Crippen LogP contribution is -2.15. The fraction of sp³-hybridized carbons (Fsp3) is 0.188. The van der Waals surface area contributed by atoms with Gasteiger partial charge in [-0.3, -0.25) is 0 Å². The summed E-state index contributed by atoms with van der Waals surface area (Å²) in [6, 6.07) is 4.84. The van der Waals surface area contributed by atoms with Gasteiger partial charge in [0.25, 0.3) is 0 Å².